The van der Waals surface area contributed by atoms with Crippen LogP contribution in [0, 0.1) is 0 Å². The molecule has 6 heteroatoms. The third kappa shape index (κ3) is 3.19. The normalized spacial score (nSPS) is 17.8. The van der Waals surface area contributed by atoms with Crippen molar-refractivity contribution in [1.82, 2.24) is 4.90 Å². The Hall–Kier alpha value is -1.27. The number of halogens is 1. The van der Waals surface area contributed by atoms with Crippen LogP contribution >= 0.6 is 15.9 Å². The lowest BCUT2D eigenvalue weighted by Gasteiger charge is -2.36. The molecule has 1 saturated heterocycles. The van der Waals surface area contributed by atoms with Gasteiger partial charge < -0.3 is 20.7 Å². The first-order valence-electron chi connectivity index (χ1n) is 6.40. The fourth-order valence-electron chi connectivity index (χ4n) is 2.29. The van der Waals surface area contributed by atoms with Gasteiger partial charge in [-0.25, -0.2) is 0 Å². The van der Waals surface area contributed by atoms with E-state index >= 15 is 0 Å². The number of nitrogens with two attached hydrogens (primary N) is 1. The summed E-state index contributed by atoms with van der Waals surface area (Å²) in [5.74, 6) is 0.128. The van der Waals surface area contributed by atoms with Crippen molar-refractivity contribution in [2.45, 2.75) is 6.92 Å². The molecular formula is C13H19BrN4O. The molecule has 1 aromatic carbocycles. The Morgan fingerprint density at radius 2 is 2.05 bits per heavy atom. The van der Waals surface area contributed by atoms with Crippen molar-refractivity contribution in [3.8, 4) is 0 Å². The van der Waals surface area contributed by atoms with Gasteiger partial charge in [0.2, 0.25) is 0 Å². The van der Waals surface area contributed by atoms with Gasteiger partial charge in [-0.3, -0.25) is 0 Å². The molecule has 5 nitrogen and oxygen atoms in total. The van der Waals surface area contributed by atoms with E-state index in [0.717, 1.165) is 42.9 Å². The van der Waals surface area contributed by atoms with Gasteiger partial charge in [-0.05, 0) is 40.7 Å². The molecular weight excluding hydrogens is 308 g/mol. The van der Waals surface area contributed by atoms with Gasteiger partial charge in [0.15, 0.2) is 5.84 Å². The highest BCUT2D eigenvalue weighted by molar-refractivity contribution is 9.10. The molecule has 19 heavy (non-hydrogen) atoms. The minimum Gasteiger partial charge on any atom is -0.409 e. The zero-order valence-corrected chi connectivity index (χ0v) is 12.6. The number of benzene rings is 1. The minimum atomic E-state index is 0.128. The van der Waals surface area contributed by atoms with Crippen molar-refractivity contribution in [1.29, 1.82) is 0 Å². The van der Waals surface area contributed by atoms with Crippen LogP contribution in [0.3, 0.4) is 0 Å². The third-order valence-corrected chi connectivity index (χ3v) is 4.15. The first-order chi connectivity index (χ1) is 9.15. The summed E-state index contributed by atoms with van der Waals surface area (Å²) in [7, 11) is 0. The molecule has 0 saturated carbocycles. The molecule has 0 aliphatic carbocycles. The standard InChI is InChI=1S/C13H19BrN4O/c1-2-17-5-7-18(8-6-17)12-4-3-10(9-11(12)14)13(15)16-19/h3-4,9,19H,2,5-8H2,1H3,(H2,15,16). The molecule has 3 N–H and O–H groups in total. The zero-order valence-electron chi connectivity index (χ0n) is 11.0. The van der Waals surface area contributed by atoms with E-state index in [1.165, 1.54) is 0 Å². The van der Waals surface area contributed by atoms with Crippen molar-refractivity contribution in [2.75, 3.05) is 37.6 Å². The number of likely N-dealkylation sites (N-methyl/N-ethyl adjacent to an activating group) is 1. The largest absolute Gasteiger partial charge is 0.409 e. The van der Waals surface area contributed by atoms with E-state index in [9.17, 15) is 0 Å². The lowest BCUT2D eigenvalue weighted by molar-refractivity contribution is 0.271. The Morgan fingerprint density at radius 3 is 2.58 bits per heavy atom. The molecule has 1 aromatic rings. The molecule has 1 aliphatic rings. The first kappa shape index (κ1) is 14.1. The molecule has 0 atom stereocenters. The Bertz CT molecular complexity index is 470. The van der Waals surface area contributed by atoms with Crippen LogP contribution in [-0.4, -0.2) is 48.7 Å². The summed E-state index contributed by atoms with van der Waals surface area (Å²) >= 11 is 3.56. The molecule has 104 valence electrons. The monoisotopic (exact) mass is 326 g/mol. The predicted molar refractivity (Wildman–Crippen MR) is 81.0 cm³/mol. The maximum atomic E-state index is 8.69. The molecule has 0 unspecified atom stereocenters. The zero-order chi connectivity index (χ0) is 13.8. The van der Waals surface area contributed by atoms with Gasteiger partial charge in [0.25, 0.3) is 0 Å². The summed E-state index contributed by atoms with van der Waals surface area (Å²) < 4.78 is 0.974. The predicted octanol–water partition coefficient (Wildman–Crippen LogP) is 1.69. The Kier molecular flexibility index (Phi) is 4.66. The van der Waals surface area contributed by atoms with Crippen molar-refractivity contribution < 1.29 is 5.21 Å². The average Bonchev–Trinajstić information content (AvgIpc) is 2.46. The van der Waals surface area contributed by atoms with Crippen LogP contribution in [0.4, 0.5) is 5.69 Å². The van der Waals surface area contributed by atoms with Crippen LogP contribution in [0.15, 0.2) is 27.8 Å². The lowest BCUT2D eigenvalue weighted by atomic mass is 10.1. The quantitative estimate of drug-likeness (QED) is 0.384. The summed E-state index contributed by atoms with van der Waals surface area (Å²) in [6.07, 6.45) is 0. The van der Waals surface area contributed by atoms with E-state index in [0.29, 0.717) is 5.56 Å². The lowest BCUT2D eigenvalue weighted by Crippen LogP contribution is -2.46. The minimum absolute atomic E-state index is 0.128. The Morgan fingerprint density at radius 1 is 1.37 bits per heavy atom. The second-order valence-corrected chi connectivity index (χ2v) is 5.43. The van der Waals surface area contributed by atoms with Crippen LogP contribution in [-0.2, 0) is 0 Å². The van der Waals surface area contributed by atoms with Gasteiger partial charge in [0.1, 0.15) is 0 Å². The van der Waals surface area contributed by atoms with Crippen molar-refractivity contribution in [3.05, 3.63) is 28.2 Å². The summed E-state index contributed by atoms with van der Waals surface area (Å²) in [5, 5.41) is 11.7. The number of oxime groups is 1. The van der Waals surface area contributed by atoms with Gasteiger partial charge in [0.05, 0.1) is 5.69 Å². The fraction of sp³-hybridized carbons (Fsp3) is 0.462. The number of hydrogen-bond donors (Lipinski definition) is 2. The molecule has 0 radical (unpaired) electrons. The van der Waals surface area contributed by atoms with E-state index in [2.05, 4.69) is 37.8 Å². The van der Waals surface area contributed by atoms with Crippen LogP contribution in [0.1, 0.15) is 12.5 Å². The second kappa shape index (κ2) is 6.25. The third-order valence-electron chi connectivity index (χ3n) is 3.51. The van der Waals surface area contributed by atoms with Crippen LogP contribution < -0.4 is 10.6 Å². The topological polar surface area (TPSA) is 65.1 Å². The smallest absolute Gasteiger partial charge is 0.170 e. The van der Waals surface area contributed by atoms with E-state index in [-0.39, 0.29) is 5.84 Å². The van der Waals surface area contributed by atoms with E-state index in [4.69, 9.17) is 10.9 Å². The highest BCUT2D eigenvalue weighted by Crippen LogP contribution is 2.28. The van der Waals surface area contributed by atoms with Crippen LogP contribution in [0.5, 0.6) is 0 Å². The number of amidine groups is 1. The van der Waals surface area contributed by atoms with Crippen molar-refractivity contribution in [2.24, 2.45) is 10.9 Å². The molecule has 1 fully saturated rings. The summed E-state index contributed by atoms with van der Waals surface area (Å²) in [6, 6.07) is 5.77. The molecule has 2 rings (SSSR count). The summed E-state index contributed by atoms with van der Waals surface area (Å²) in [4.78, 5) is 4.79. The highest BCUT2D eigenvalue weighted by Gasteiger charge is 2.18. The summed E-state index contributed by atoms with van der Waals surface area (Å²) in [6.45, 7) is 7.52. The van der Waals surface area contributed by atoms with E-state index in [1.807, 2.05) is 18.2 Å². The molecule has 0 spiro atoms. The molecule has 1 aliphatic heterocycles. The van der Waals surface area contributed by atoms with E-state index < -0.39 is 0 Å². The highest BCUT2D eigenvalue weighted by atomic mass is 79.9. The van der Waals surface area contributed by atoms with Gasteiger partial charge in [-0.15, -0.1) is 0 Å². The number of piperazine rings is 1. The molecule has 0 aromatic heterocycles. The molecule has 0 bridgehead atoms. The van der Waals surface area contributed by atoms with Crippen LogP contribution in [0.25, 0.3) is 0 Å². The molecule has 1 heterocycles. The van der Waals surface area contributed by atoms with E-state index in [1.54, 1.807) is 0 Å². The van der Waals surface area contributed by atoms with Crippen molar-refractivity contribution in [3.63, 3.8) is 0 Å². The SMILES string of the molecule is CCN1CCN(c2ccc(/C(N)=N/O)cc2Br)CC1. The number of nitrogens with zero attached hydrogens (tertiary/aromatic N) is 3. The first-order valence-corrected chi connectivity index (χ1v) is 7.19. The molecule has 0 amide bonds. The maximum absolute atomic E-state index is 8.69. The van der Waals surface area contributed by atoms with Crippen LogP contribution in [0.2, 0.25) is 0 Å². The Labute approximate surface area is 121 Å². The fourth-order valence-corrected chi connectivity index (χ4v) is 2.91. The van der Waals surface area contributed by atoms with Gasteiger partial charge in [-0.2, -0.15) is 0 Å². The van der Waals surface area contributed by atoms with Gasteiger partial charge >= 0.3 is 0 Å². The number of hydrogen-bond acceptors (Lipinski definition) is 4. The summed E-state index contributed by atoms with van der Waals surface area (Å²) in [5.41, 5.74) is 7.46. The number of anilines is 1. The maximum Gasteiger partial charge on any atom is 0.170 e. The number of rotatable bonds is 3. The van der Waals surface area contributed by atoms with Gasteiger partial charge in [-0.1, -0.05) is 12.1 Å². The van der Waals surface area contributed by atoms with Gasteiger partial charge in [0, 0.05) is 36.2 Å². The Balaban J connectivity index is 2.14. The average molecular weight is 327 g/mol. The second-order valence-electron chi connectivity index (χ2n) is 4.57. The van der Waals surface area contributed by atoms with Crippen molar-refractivity contribution >= 4 is 27.5 Å².